The van der Waals surface area contributed by atoms with E-state index in [4.69, 9.17) is 5.73 Å². The van der Waals surface area contributed by atoms with Gasteiger partial charge in [0.05, 0.1) is 0 Å². The van der Waals surface area contributed by atoms with Gasteiger partial charge in [0, 0.05) is 36.1 Å². The van der Waals surface area contributed by atoms with Crippen molar-refractivity contribution in [2.24, 2.45) is 5.73 Å². The van der Waals surface area contributed by atoms with E-state index in [1.54, 1.807) is 0 Å². The van der Waals surface area contributed by atoms with E-state index in [2.05, 4.69) is 33.9 Å². The molecule has 1 aliphatic rings. The highest BCUT2D eigenvalue weighted by Crippen LogP contribution is 2.19. The number of nitrogens with two attached hydrogens (primary N) is 1. The van der Waals surface area contributed by atoms with Crippen molar-refractivity contribution in [1.29, 1.82) is 0 Å². The van der Waals surface area contributed by atoms with Crippen molar-refractivity contribution in [3.05, 3.63) is 47.8 Å². The van der Waals surface area contributed by atoms with Crippen LogP contribution in [0.2, 0.25) is 0 Å². The second-order valence-corrected chi connectivity index (χ2v) is 6.20. The van der Waals surface area contributed by atoms with Crippen LogP contribution in [0.25, 0.3) is 11.4 Å². The van der Waals surface area contributed by atoms with E-state index in [9.17, 15) is 0 Å². The molecule has 3 rings (SSSR count). The summed E-state index contributed by atoms with van der Waals surface area (Å²) < 4.78 is 0. The molecule has 2 aromatic rings. The molecular weight excluding hydrogens is 343 g/mol. The van der Waals surface area contributed by atoms with Gasteiger partial charge in [0.15, 0.2) is 5.82 Å². The van der Waals surface area contributed by atoms with Gasteiger partial charge in [0.1, 0.15) is 0 Å². The Hall–Kier alpha value is -1.20. The topological polar surface area (TPSA) is 55.0 Å². The monoisotopic (exact) mass is 368 g/mol. The highest BCUT2D eigenvalue weighted by atomic mass is 35.5. The average Bonchev–Trinajstić information content (AvgIpc) is 2.73. The van der Waals surface area contributed by atoms with Crippen molar-refractivity contribution in [2.75, 3.05) is 13.1 Å². The van der Waals surface area contributed by atoms with E-state index in [1.165, 1.54) is 17.5 Å². The van der Waals surface area contributed by atoms with Crippen molar-refractivity contribution in [2.45, 2.75) is 38.8 Å². The predicted octanol–water partition coefficient (Wildman–Crippen LogP) is 3.61. The maximum absolute atomic E-state index is 6.04. The smallest absolute Gasteiger partial charge is 0.159 e. The van der Waals surface area contributed by atoms with Gasteiger partial charge in [-0.15, -0.1) is 24.8 Å². The number of rotatable bonds is 3. The minimum atomic E-state index is 0. The summed E-state index contributed by atoms with van der Waals surface area (Å²) in [6.45, 7) is 5.20. The summed E-state index contributed by atoms with van der Waals surface area (Å²) in [7, 11) is 0. The van der Waals surface area contributed by atoms with Crippen LogP contribution in [0, 0.1) is 6.92 Å². The van der Waals surface area contributed by atoms with Gasteiger partial charge in [-0.2, -0.15) is 0 Å². The molecule has 132 valence electrons. The number of nitrogens with zero attached hydrogens (tertiary/aromatic N) is 3. The molecule has 1 fully saturated rings. The molecule has 4 nitrogen and oxygen atoms in total. The SMILES string of the molecule is Cc1ccccc1-c1ncc(CN2CCCC(N)CC2)cn1.Cl.Cl. The number of hydrogen-bond donors (Lipinski definition) is 1. The molecule has 1 saturated heterocycles. The Kier molecular flexibility index (Phi) is 8.63. The fourth-order valence-corrected chi connectivity index (χ4v) is 3.00. The van der Waals surface area contributed by atoms with Gasteiger partial charge in [-0.3, -0.25) is 4.90 Å². The lowest BCUT2D eigenvalue weighted by Gasteiger charge is -2.19. The Morgan fingerprint density at radius 1 is 1.08 bits per heavy atom. The minimum absolute atomic E-state index is 0. The van der Waals surface area contributed by atoms with Gasteiger partial charge in [-0.05, 0) is 44.8 Å². The predicted molar refractivity (Wildman–Crippen MR) is 104 cm³/mol. The number of hydrogen-bond acceptors (Lipinski definition) is 4. The summed E-state index contributed by atoms with van der Waals surface area (Å²) in [4.78, 5) is 11.6. The molecule has 2 heterocycles. The summed E-state index contributed by atoms with van der Waals surface area (Å²) in [5, 5.41) is 0. The van der Waals surface area contributed by atoms with Crippen LogP contribution in [0.15, 0.2) is 36.7 Å². The van der Waals surface area contributed by atoms with Crippen LogP contribution < -0.4 is 5.73 Å². The van der Waals surface area contributed by atoms with Crippen molar-refractivity contribution >= 4 is 24.8 Å². The molecule has 0 amide bonds. The number of halogens is 2. The van der Waals surface area contributed by atoms with Gasteiger partial charge < -0.3 is 5.73 Å². The fourth-order valence-electron chi connectivity index (χ4n) is 3.00. The highest BCUT2D eigenvalue weighted by molar-refractivity contribution is 5.85. The molecule has 0 aliphatic carbocycles. The van der Waals surface area contributed by atoms with E-state index in [1.807, 2.05) is 24.5 Å². The van der Waals surface area contributed by atoms with Gasteiger partial charge in [-0.25, -0.2) is 9.97 Å². The molecule has 1 unspecified atom stereocenters. The number of aromatic nitrogens is 2. The van der Waals surface area contributed by atoms with E-state index < -0.39 is 0 Å². The number of likely N-dealkylation sites (tertiary alicyclic amines) is 1. The van der Waals surface area contributed by atoms with Crippen molar-refractivity contribution in [3.63, 3.8) is 0 Å². The molecule has 1 aliphatic heterocycles. The van der Waals surface area contributed by atoms with Crippen LogP contribution in [0.3, 0.4) is 0 Å². The lowest BCUT2D eigenvalue weighted by Crippen LogP contribution is -2.26. The lowest BCUT2D eigenvalue weighted by molar-refractivity contribution is 0.275. The average molecular weight is 369 g/mol. The molecule has 0 saturated carbocycles. The summed E-state index contributed by atoms with van der Waals surface area (Å²) in [6.07, 6.45) is 7.32. The third-order valence-electron chi connectivity index (χ3n) is 4.36. The first-order chi connectivity index (χ1) is 10.7. The second-order valence-electron chi connectivity index (χ2n) is 6.20. The fraction of sp³-hybridized carbons (Fsp3) is 0.444. The summed E-state index contributed by atoms with van der Waals surface area (Å²) in [5.41, 5.74) is 9.52. The molecule has 6 heteroatoms. The first-order valence-electron chi connectivity index (χ1n) is 8.07. The van der Waals surface area contributed by atoms with E-state index >= 15 is 0 Å². The molecule has 1 atom stereocenters. The minimum Gasteiger partial charge on any atom is -0.328 e. The van der Waals surface area contributed by atoms with E-state index in [-0.39, 0.29) is 24.8 Å². The number of aryl methyl sites for hydroxylation is 1. The van der Waals surface area contributed by atoms with Gasteiger partial charge >= 0.3 is 0 Å². The van der Waals surface area contributed by atoms with Gasteiger partial charge in [0.2, 0.25) is 0 Å². The zero-order valence-corrected chi connectivity index (χ0v) is 15.7. The Morgan fingerprint density at radius 3 is 2.50 bits per heavy atom. The van der Waals surface area contributed by atoms with Crippen LogP contribution in [-0.2, 0) is 6.54 Å². The van der Waals surface area contributed by atoms with Gasteiger partial charge in [0.25, 0.3) is 0 Å². The van der Waals surface area contributed by atoms with E-state index in [0.717, 1.165) is 43.9 Å². The van der Waals surface area contributed by atoms with Crippen LogP contribution in [-0.4, -0.2) is 34.0 Å². The van der Waals surface area contributed by atoms with Crippen LogP contribution in [0.1, 0.15) is 30.4 Å². The maximum Gasteiger partial charge on any atom is 0.159 e. The Labute approximate surface area is 156 Å². The summed E-state index contributed by atoms with van der Waals surface area (Å²) in [6, 6.07) is 8.59. The zero-order chi connectivity index (χ0) is 15.4. The van der Waals surface area contributed by atoms with Crippen LogP contribution in [0.4, 0.5) is 0 Å². The maximum atomic E-state index is 6.04. The largest absolute Gasteiger partial charge is 0.328 e. The molecule has 24 heavy (non-hydrogen) atoms. The first-order valence-corrected chi connectivity index (χ1v) is 8.07. The molecule has 0 bridgehead atoms. The molecular formula is C18H26Cl2N4. The Bertz CT molecular complexity index is 619. The molecule has 1 aromatic heterocycles. The Balaban J connectivity index is 0.00000144. The van der Waals surface area contributed by atoms with Crippen LogP contribution >= 0.6 is 24.8 Å². The normalized spacial score (nSPS) is 18.2. The third-order valence-corrected chi connectivity index (χ3v) is 4.36. The van der Waals surface area contributed by atoms with Crippen molar-refractivity contribution < 1.29 is 0 Å². The highest BCUT2D eigenvalue weighted by Gasteiger charge is 2.14. The third kappa shape index (κ3) is 5.42. The van der Waals surface area contributed by atoms with Gasteiger partial charge in [-0.1, -0.05) is 24.3 Å². The lowest BCUT2D eigenvalue weighted by atomic mass is 10.1. The summed E-state index contributed by atoms with van der Waals surface area (Å²) >= 11 is 0. The van der Waals surface area contributed by atoms with E-state index in [0.29, 0.717) is 6.04 Å². The Morgan fingerprint density at radius 2 is 1.79 bits per heavy atom. The molecule has 0 radical (unpaired) electrons. The molecule has 0 spiro atoms. The second kappa shape index (κ2) is 9.94. The molecule has 1 aromatic carbocycles. The van der Waals surface area contributed by atoms with Crippen molar-refractivity contribution in [1.82, 2.24) is 14.9 Å². The van der Waals surface area contributed by atoms with Crippen LogP contribution in [0.5, 0.6) is 0 Å². The quantitative estimate of drug-likeness (QED) is 0.898. The van der Waals surface area contributed by atoms with Crippen molar-refractivity contribution in [3.8, 4) is 11.4 Å². The first kappa shape index (κ1) is 20.8. The number of benzene rings is 1. The zero-order valence-electron chi connectivity index (χ0n) is 14.0. The molecule has 2 N–H and O–H groups in total. The standard InChI is InChI=1S/C18H24N4.2ClH/c1-14-5-2-3-7-17(14)18-20-11-15(12-21-18)13-22-9-4-6-16(19)8-10-22;;/h2-3,5,7,11-12,16H,4,6,8-10,13,19H2,1H3;2*1H. The summed E-state index contributed by atoms with van der Waals surface area (Å²) in [5.74, 6) is 0.805.